The van der Waals surface area contributed by atoms with Crippen molar-refractivity contribution in [2.24, 2.45) is 17.7 Å². The van der Waals surface area contributed by atoms with Gasteiger partial charge in [-0.1, -0.05) is 19.8 Å². The maximum Gasteiger partial charge on any atom is 0.0406 e. The smallest absolute Gasteiger partial charge is 0.0406 e. The van der Waals surface area contributed by atoms with Crippen molar-refractivity contribution in [3.05, 3.63) is 0 Å². The Hall–Kier alpha value is -0.160. The Morgan fingerprint density at radius 3 is 2.63 bits per heavy atom. The predicted molar refractivity (Wildman–Crippen MR) is 80.8 cm³/mol. The molecule has 0 amide bonds. The first-order chi connectivity index (χ1) is 9.11. The highest BCUT2D eigenvalue weighted by Crippen LogP contribution is 2.32. The molecule has 4 atom stereocenters. The molecule has 1 heterocycles. The molecule has 1 saturated heterocycles. The predicted octanol–water partition coefficient (Wildman–Crippen LogP) is 1.28. The van der Waals surface area contributed by atoms with Crippen LogP contribution in [0.3, 0.4) is 0 Å². The number of likely N-dealkylation sites (N-methyl/N-ethyl adjacent to an activating group) is 2. The molecule has 2 rings (SSSR count). The lowest BCUT2D eigenvalue weighted by Crippen LogP contribution is -2.58. The molecule has 0 radical (unpaired) electrons. The Labute approximate surface area is 118 Å². The topological polar surface area (TPSA) is 44.5 Å². The number of nitrogens with one attached hydrogen (secondary N) is 1. The summed E-state index contributed by atoms with van der Waals surface area (Å²) in [7, 11) is 4.50. The molecule has 1 aliphatic carbocycles. The van der Waals surface area contributed by atoms with Gasteiger partial charge in [0.05, 0.1) is 0 Å². The number of hydrazine groups is 1. The average molecular weight is 268 g/mol. The molecule has 4 unspecified atom stereocenters. The molecule has 0 spiro atoms. The van der Waals surface area contributed by atoms with Crippen LogP contribution < -0.4 is 11.3 Å². The molecule has 3 N–H and O–H groups in total. The summed E-state index contributed by atoms with van der Waals surface area (Å²) in [6.07, 6.45) is 6.71. The van der Waals surface area contributed by atoms with Crippen LogP contribution in [0, 0.1) is 11.8 Å². The Morgan fingerprint density at radius 1 is 1.16 bits per heavy atom. The normalized spacial score (nSPS) is 36.9. The zero-order chi connectivity index (χ0) is 13.8. The molecule has 0 bridgehead atoms. The molecule has 112 valence electrons. The van der Waals surface area contributed by atoms with E-state index in [2.05, 4.69) is 36.2 Å². The highest BCUT2D eigenvalue weighted by molar-refractivity contribution is 4.92. The van der Waals surface area contributed by atoms with Gasteiger partial charge in [0, 0.05) is 18.6 Å². The van der Waals surface area contributed by atoms with E-state index in [1.54, 1.807) is 0 Å². The van der Waals surface area contributed by atoms with E-state index in [0.29, 0.717) is 12.1 Å². The molecule has 19 heavy (non-hydrogen) atoms. The summed E-state index contributed by atoms with van der Waals surface area (Å²) < 4.78 is 0. The zero-order valence-electron chi connectivity index (χ0n) is 12.9. The minimum Gasteiger partial charge on any atom is -0.305 e. The van der Waals surface area contributed by atoms with Gasteiger partial charge in [0.15, 0.2) is 0 Å². The van der Waals surface area contributed by atoms with Gasteiger partial charge >= 0.3 is 0 Å². The van der Waals surface area contributed by atoms with Gasteiger partial charge in [-0.25, -0.2) is 0 Å². The van der Waals surface area contributed by atoms with E-state index in [-0.39, 0.29) is 0 Å². The molecule has 2 aliphatic rings. The van der Waals surface area contributed by atoms with E-state index >= 15 is 0 Å². The standard InChI is InChI=1S/C15H32N4/c1-12-6-4-7-13(10-12)15(17-16)14-11-18(2)8-5-9-19(14)3/h12-15,17H,4-11,16H2,1-3H3. The molecule has 4 nitrogen and oxygen atoms in total. The molecule has 4 heteroatoms. The molecule has 1 saturated carbocycles. The Kier molecular flexibility index (Phi) is 5.63. The Balaban J connectivity index is 2.05. The lowest BCUT2D eigenvalue weighted by molar-refractivity contribution is 0.115. The quantitative estimate of drug-likeness (QED) is 0.598. The largest absolute Gasteiger partial charge is 0.305 e. The van der Waals surface area contributed by atoms with Crippen LogP contribution in [0.4, 0.5) is 0 Å². The van der Waals surface area contributed by atoms with Crippen molar-refractivity contribution in [3.63, 3.8) is 0 Å². The van der Waals surface area contributed by atoms with E-state index < -0.39 is 0 Å². The van der Waals surface area contributed by atoms with E-state index in [1.165, 1.54) is 45.2 Å². The summed E-state index contributed by atoms with van der Waals surface area (Å²) in [5.41, 5.74) is 3.17. The summed E-state index contributed by atoms with van der Waals surface area (Å²) in [5, 5.41) is 0. The van der Waals surface area contributed by atoms with E-state index in [0.717, 1.165) is 18.4 Å². The van der Waals surface area contributed by atoms with Gasteiger partial charge in [-0.05, 0) is 58.3 Å². The fourth-order valence-electron chi connectivity index (χ4n) is 4.06. The van der Waals surface area contributed by atoms with Crippen LogP contribution in [0.1, 0.15) is 39.0 Å². The van der Waals surface area contributed by atoms with Crippen molar-refractivity contribution in [1.82, 2.24) is 15.2 Å². The van der Waals surface area contributed by atoms with Crippen LogP contribution in [0.2, 0.25) is 0 Å². The third kappa shape index (κ3) is 3.91. The van der Waals surface area contributed by atoms with Gasteiger partial charge in [0.25, 0.3) is 0 Å². The van der Waals surface area contributed by atoms with Crippen molar-refractivity contribution in [2.45, 2.75) is 51.1 Å². The van der Waals surface area contributed by atoms with Gasteiger partial charge in [-0.2, -0.15) is 0 Å². The second-order valence-corrected chi connectivity index (χ2v) is 6.89. The molecule has 0 aromatic heterocycles. The van der Waals surface area contributed by atoms with Crippen LogP contribution in [0.25, 0.3) is 0 Å². The first kappa shape index (κ1) is 15.2. The minimum absolute atomic E-state index is 0.438. The van der Waals surface area contributed by atoms with E-state index in [4.69, 9.17) is 5.84 Å². The highest BCUT2D eigenvalue weighted by atomic mass is 15.3. The van der Waals surface area contributed by atoms with Crippen molar-refractivity contribution in [3.8, 4) is 0 Å². The number of nitrogens with zero attached hydrogens (tertiary/aromatic N) is 2. The Morgan fingerprint density at radius 2 is 1.95 bits per heavy atom. The molecule has 0 aromatic rings. The van der Waals surface area contributed by atoms with Crippen LogP contribution in [0.5, 0.6) is 0 Å². The summed E-state index contributed by atoms with van der Waals surface area (Å²) in [5.74, 6) is 7.55. The van der Waals surface area contributed by atoms with Gasteiger partial charge < -0.3 is 9.80 Å². The van der Waals surface area contributed by atoms with Crippen molar-refractivity contribution in [1.29, 1.82) is 0 Å². The third-order valence-corrected chi connectivity index (χ3v) is 5.21. The van der Waals surface area contributed by atoms with Crippen molar-refractivity contribution < 1.29 is 0 Å². The second-order valence-electron chi connectivity index (χ2n) is 6.89. The molecular weight excluding hydrogens is 236 g/mol. The van der Waals surface area contributed by atoms with E-state index in [1.807, 2.05) is 0 Å². The second kappa shape index (κ2) is 7.02. The highest BCUT2D eigenvalue weighted by Gasteiger charge is 2.35. The van der Waals surface area contributed by atoms with Gasteiger partial charge in [0.1, 0.15) is 0 Å². The lowest BCUT2D eigenvalue weighted by atomic mass is 9.76. The number of hydrogen-bond acceptors (Lipinski definition) is 4. The zero-order valence-corrected chi connectivity index (χ0v) is 12.9. The van der Waals surface area contributed by atoms with Crippen molar-refractivity contribution >= 4 is 0 Å². The third-order valence-electron chi connectivity index (χ3n) is 5.21. The summed E-state index contributed by atoms with van der Waals surface area (Å²) in [6.45, 7) is 5.92. The van der Waals surface area contributed by atoms with Crippen molar-refractivity contribution in [2.75, 3.05) is 33.7 Å². The van der Waals surface area contributed by atoms with Crippen LogP contribution in [-0.4, -0.2) is 55.6 Å². The molecule has 2 fully saturated rings. The van der Waals surface area contributed by atoms with E-state index in [9.17, 15) is 0 Å². The summed E-state index contributed by atoms with van der Waals surface area (Å²) in [4.78, 5) is 4.98. The molecule has 0 aromatic carbocycles. The van der Waals surface area contributed by atoms with Gasteiger partial charge in [-0.15, -0.1) is 0 Å². The first-order valence-corrected chi connectivity index (χ1v) is 7.96. The average Bonchev–Trinajstić information content (AvgIpc) is 2.53. The fraction of sp³-hybridized carbons (Fsp3) is 1.00. The molecular formula is C15H32N4. The SMILES string of the molecule is CC1CCCC(C(NN)C2CN(C)CCCN2C)C1. The van der Waals surface area contributed by atoms with Crippen LogP contribution in [0.15, 0.2) is 0 Å². The minimum atomic E-state index is 0.438. The van der Waals surface area contributed by atoms with Gasteiger partial charge in [-0.3, -0.25) is 11.3 Å². The monoisotopic (exact) mass is 268 g/mol. The maximum atomic E-state index is 5.94. The van der Waals surface area contributed by atoms with Crippen LogP contribution in [-0.2, 0) is 0 Å². The summed E-state index contributed by atoms with van der Waals surface area (Å²) in [6, 6.07) is 0.987. The van der Waals surface area contributed by atoms with Crippen LogP contribution >= 0.6 is 0 Å². The number of nitrogens with two attached hydrogens (primary N) is 1. The fourth-order valence-corrected chi connectivity index (χ4v) is 4.06. The first-order valence-electron chi connectivity index (χ1n) is 7.96. The number of hydrogen-bond donors (Lipinski definition) is 2. The number of rotatable bonds is 3. The Bertz CT molecular complexity index is 271. The summed E-state index contributed by atoms with van der Waals surface area (Å²) >= 11 is 0. The lowest BCUT2D eigenvalue weighted by Gasteiger charge is -2.41. The maximum absolute atomic E-state index is 5.94. The van der Waals surface area contributed by atoms with Gasteiger partial charge in [0.2, 0.25) is 0 Å². The molecule has 1 aliphatic heterocycles.